The van der Waals surface area contributed by atoms with Crippen LogP contribution in [0.1, 0.15) is 53.4 Å². The molecule has 3 heteroatoms. The van der Waals surface area contributed by atoms with E-state index in [1.54, 1.807) is 0 Å². The quantitative estimate of drug-likeness (QED) is 0.741. The molecule has 2 rings (SSSR count). The zero-order valence-electron chi connectivity index (χ0n) is 14.1. The Morgan fingerprint density at radius 1 is 1.30 bits per heavy atom. The maximum absolute atomic E-state index is 5.37. The highest BCUT2D eigenvalue weighted by Crippen LogP contribution is 2.43. The second-order valence-corrected chi connectivity index (χ2v) is 7.44. The Labute approximate surface area is 125 Å². The second kappa shape index (κ2) is 6.76. The molecule has 3 atom stereocenters. The van der Waals surface area contributed by atoms with Gasteiger partial charge in [-0.25, -0.2) is 0 Å². The molecule has 0 aromatic heterocycles. The van der Waals surface area contributed by atoms with Gasteiger partial charge in [-0.1, -0.05) is 20.8 Å². The summed E-state index contributed by atoms with van der Waals surface area (Å²) in [5.74, 6) is 0.929. The summed E-state index contributed by atoms with van der Waals surface area (Å²) in [6, 6.07) is 2.01. The molecule has 0 bridgehead atoms. The summed E-state index contributed by atoms with van der Waals surface area (Å²) in [4.78, 5) is 2.75. The van der Waals surface area contributed by atoms with E-state index in [2.05, 4.69) is 37.9 Å². The Morgan fingerprint density at radius 2 is 2.00 bits per heavy atom. The van der Waals surface area contributed by atoms with Gasteiger partial charge in [0.05, 0.1) is 6.61 Å². The first-order valence-electron chi connectivity index (χ1n) is 8.49. The normalized spacial score (nSPS) is 30.9. The molecule has 0 saturated heterocycles. The number of nitrogens with one attached hydrogen (secondary N) is 1. The first-order chi connectivity index (χ1) is 9.51. The zero-order chi connectivity index (χ0) is 14.8. The van der Waals surface area contributed by atoms with Crippen LogP contribution in [0.3, 0.4) is 0 Å². The summed E-state index contributed by atoms with van der Waals surface area (Å²) in [6.45, 7) is 12.5. The van der Waals surface area contributed by atoms with E-state index in [-0.39, 0.29) is 0 Å². The van der Waals surface area contributed by atoms with Crippen molar-refractivity contribution in [2.24, 2.45) is 11.3 Å². The van der Waals surface area contributed by atoms with Gasteiger partial charge in [0.15, 0.2) is 0 Å². The van der Waals surface area contributed by atoms with Crippen LogP contribution in [0.2, 0.25) is 0 Å². The van der Waals surface area contributed by atoms with E-state index in [1.165, 1.54) is 25.7 Å². The van der Waals surface area contributed by atoms with Crippen LogP contribution in [0.15, 0.2) is 0 Å². The van der Waals surface area contributed by atoms with E-state index < -0.39 is 0 Å². The Balaban J connectivity index is 2.09. The van der Waals surface area contributed by atoms with Gasteiger partial charge in [-0.3, -0.25) is 4.90 Å². The number of hydrogen-bond donors (Lipinski definition) is 1. The highest BCUT2D eigenvalue weighted by atomic mass is 16.5. The first-order valence-corrected chi connectivity index (χ1v) is 8.49. The highest BCUT2D eigenvalue weighted by Gasteiger charge is 2.46. The summed E-state index contributed by atoms with van der Waals surface area (Å²) >= 11 is 0. The monoisotopic (exact) mass is 282 g/mol. The van der Waals surface area contributed by atoms with E-state index >= 15 is 0 Å². The molecule has 0 spiro atoms. The van der Waals surface area contributed by atoms with Crippen LogP contribution in [-0.4, -0.2) is 49.8 Å². The van der Waals surface area contributed by atoms with E-state index in [0.717, 1.165) is 25.6 Å². The highest BCUT2D eigenvalue weighted by molar-refractivity contribution is 5.03. The fourth-order valence-corrected chi connectivity index (χ4v) is 4.07. The average Bonchev–Trinajstić information content (AvgIpc) is 3.20. The molecule has 0 radical (unpaired) electrons. The Hall–Kier alpha value is -0.120. The second-order valence-electron chi connectivity index (χ2n) is 7.44. The molecule has 1 N–H and O–H groups in total. The molecule has 0 amide bonds. The number of hydrogen-bond acceptors (Lipinski definition) is 3. The van der Waals surface area contributed by atoms with Crippen molar-refractivity contribution in [1.29, 1.82) is 0 Å². The van der Waals surface area contributed by atoms with Gasteiger partial charge in [0.25, 0.3) is 0 Å². The summed E-state index contributed by atoms with van der Waals surface area (Å²) in [6.07, 6.45) is 5.50. The van der Waals surface area contributed by atoms with Gasteiger partial charge >= 0.3 is 0 Å². The van der Waals surface area contributed by atoms with Gasteiger partial charge in [0.1, 0.15) is 0 Å². The van der Waals surface area contributed by atoms with Crippen LogP contribution < -0.4 is 5.32 Å². The van der Waals surface area contributed by atoms with Gasteiger partial charge in [-0.15, -0.1) is 0 Å². The predicted molar refractivity (Wildman–Crippen MR) is 85.0 cm³/mol. The van der Waals surface area contributed by atoms with Crippen LogP contribution in [0.4, 0.5) is 0 Å². The zero-order valence-corrected chi connectivity index (χ0v) is 14.1. The van der Waals surface area contributed by atoms with Crippen molar-refractivity contribution < 1.29 is 4.74 Å². The van der Waals surface area contributed by atoms with Crippen LogP contribution >= 0.6 is 0 Å². The minimum atomic E-state index is 0.412. The third kappa shape index (κ3) is 3.55. The van der Waals surface area contributed by atoms with E-state index in [1.807, 2.05) is 7.11 Å². The fourth-order valence-electron chi connectivity index (χ4n) is 4.07. The van der Waals surface area contributed by atoms with Crippen molar-refractivity contribution in [3.05, 3.63) is 0 Å². The molecule has 2 fully saturated rings. The average molecular weight is 282 g/mol. The van der Waals surface area contributed by atoms with Crippen molar-refractivity contribution in [1.82, 2.24) is 10.2 Å². The van der Waals surface area contributed by atoms with E-state index in [0.29, 0.717) is 23.5 Å². The SMILES string of the molecule is CCNC1C(N(CCOC)C(C)C2CC2)CCC1(C)C. The van der Waals surface area contributed by atoms with Crippen molar-refractivity contribution in [3.63, 3.8) is 0 Å². The van der Waals surface area contributed by atoms with Crippen molar-refractivity contribution >= 4 is 0 Å². The van der Waals surface area contributed by atoms with Crippen molar-refractivity contribution in [3.8, 4) is 0 Å². The number of likely N-dealkylation sites (N-methyl/N-ethyl adjacent to an activating group) is 1. The van der Waals surface area contributed by atoms with Crippen molar-refractivity contribution in [2.45, 2.75) is 71.5 Å². The lowest BCUT2D eigenvalue weighted by atomic mass is 9.86. The fraction of sp³-hybridized carbons (Fsp3) is 1.00. The molecule has 0 aromatic carbocycles. The van der Waals surface area contributed by atoms with Crippen molar-refractivity contribution in [2.75, 3.05) is 26.8 Å². The molecule has 2 aliphatic rings. The Morgan fingerprint density at radius 3 is 2.55 bits per heavy atom. The standard InChI is InChI=1S/C17H34N2O/c1-6-18-16-15(9-10-17(16,3)4)19(11-12-20-5)13(2)14-7-8-14/h13-16,18H,6-12H2,1-5H3. The number of nitrogens with zero attached hydrogens (tertiary/aromatic N) is 1. The molecule has 0 aliphatic heterocycles. The summed E-state index contributed by atoms with van der Waals surface area (Å²) < 4.78 is 5.37. The molecular weight excluding hydrogens is 248 g/mol. The molecule has 20 heavy (non-hydrogen) atoms. The van der Waals surface area contributed by atoms with Gasteiger partial charge in [-0.2, -0.15) is 0 Å². The molecule has 2 saturated carbocycles. The van der Waals surface area contributed by atoms with Gasteiger partial charge < -0.3 is 10.1 Å². The smallest absolute Gasteiger partial charge is 0.0589 e. The van der Waals surface area contributed by atoms with Crippen LogP contribution in [0.5, 0.6) is 0 Å². The van der Waals surface area contributed by atoms with Crippen LogP contribution in [0, 0.1) is 11.3 Å². The molecule has 118 valence electrons. The van der Waals surface area contributed by atoms with Gasteiger partial charge in [-0.05, 0) is 50.5 Å². The number of rotatable bonds is 8. The topological polar surface area (TPSA) is 24.5 Å². The van der Waals surface area contributed by atoms with Crippen LogP contribution in [-0.2, 0) is 4.74 Å². The third-order valence-corrected chi connectivity index (χ3v) is 5.54. The number of methoxy groups -OCH3 is 1. The third-order valence-electron chi connectivity index (χ3n) is 5.54. The van der Waals surface area contributed by atoms with E-state index in [4.69, 9.17) is 4.74 Å². The maximum Gasteiger partial charge on any atom is 0.0589 e. The Bertz CT molecular complexity index is 301. The molecule has 3 nitrogen and oxygen atoms in total. The minimum Gasteiger partial charge on any atom is -0.383 e. The summed E-state index contributed by atoms with van der Waals surface area (Å²) in [5, 5.41) is 3.77. The first kappa shape index (κ1) is 16.3. The molecule has 0 aromatic rings. The summed E-state index contributed by atoms with van der Waals surface area (Å²) in [5.41, 5.74) is 0.412. The lowest BCUT2D eigenvalue weighted by Crippen LogP contribution is -2.55. The van der Waals surface area contributed by atoms with Gasteiger partial charge in [0, 0.05) is 31.8 Å². The lowest BCUT2D eigenvalue weighted by molar-refractivity contribution is 0.0628. The Kier molecular flexibility index (Phi) is 5.49. The van der Waals surface area contributed by atoms with Gasteiger partial charge in [0.2, 0.25) is 0 Å². The molecule has 0 heterocycles. The van der Waals surface area contributed by atoms with E-state index in [9.17, 15) is 0 Å². The largest absolute Gasteiger partial charge is 0.383 e. The molecule has 2 aliphatic carbocycles. The number of ether oxygens (including phenoxy) is 1. The van der Waals surface area contributed by atoms with Crippen LogP contribution in [0.25, 0.3) is 0 Å². The molecular formula is C17H34N2O. The predicted octanol–water partition coefficient (Wildman–Crippen LogP) is 2.90. The lowest BCUT2D eigenvalue weighted by Gasteiger charge is -2.41. The maximum atomic E-state index is 5.37. The summed E-state index contributed by atoms with van der Waals surface area (Å²) in [7, 11) is 1.82. The minimum absolute atomic E-state index is 0.412. The molecule has 3 unspecified atom stereocenters.